The van der Waals surface area contributed by atoms with E-state index in [0.29, 0.717) is 11.1 Å². The smallest absolute Gasteiger partial charge is 0.346 e. The molecule has 0 spiro atoms. The summed E-state index contributed by atoms with van der Waals surface area (Å²) in [5.41, 5.74) is 0.779. The molecular formula is C38H28O3P2. The van der Waals surface area contributed by atoms with Crippen molar-refractivity contribution in [3.8, 4) is 0 Å². The van der Waals surface area contributed by atoms with E-state index in [0.717, 1.165) is 31.8 Å². The molecule has 0 saturated heterocycles. The van der Waals surface area contributed by atoms with Crippen LogP contribution in [0.15, 0.2) is 170 Å². The van der Waals surface area contributed by atoms with Gasteiger partial charge in [-0.25, -0.2) is 9.59 Å². The molecule has 0 unspecified atom stereocenters. The van der Waals surface area contributed by atoms with Gasteiger partial charge in [0.25, 0.3) is 0 Å². The third kappa shape index (κ3) is 6.40. The van der Waals surface area contributed by atoms with Crippen LogP contribution in [0.25, 0.3) is 0 Å². The SMILES string of the molecule is O=C(OC(=O)c1ccccc1P(c1ccccc1)c1ccccc1)c1ccccc1P(c1ccccc1)c1ccccc1. The molecule has 0 fully saturated rings. The highest BCUT2D eigenvalue weighted by Crippen LogP contribution is 2.36. The molecular weight excluding hydrogens is 566 g/mol. The zero-order valence-corrected chi connectivity index (χ0v) is 25.1. The Balaban J connectivity index is 1.37. The van der Waals surface area contributed by atoms with Crippen molar-refractivity contribution in [2.24, 2.45) is 0 Å². The molecule has 0 heterocycles. The average molecular weight is 595 g/mol. The molecule has 0 aliphatic carbocycles. The van der Waals surface area contributed by atoms with Gasteiger partial charge in [-0.1, -0.05) is 158 Å². The Labute approximate surface area is 254 Å². The predicted molar refractivity (Wildman–Crippen MR) is 180 cm³/mol. The van der Waals surface area contributed by atoms with Crippen molar-refractivity contribution in [1.29, 1.82) is 0 Å². The normalized spacial score (nSPS) is 10.9. The topological polar surface area (TPSA) is 43.4 Å². The minimum Gasteiger partial charge on any atom is -0.386 e. The standard InChI is InChI=1S/C38H28O3P2/c39-37(33-25-13-15-27-35(33)42(29-17-5-1-6-18-29)30-19-7-2-8-20-30)41-38(40)34-26-14-16-28-36(34)43(31-21-9-3-10-22-31)32-23-11-4-12-24-32/h1-28H. The Morgan fingerprint density at radius 3 is 0.907 bits per heavy atom. The van der Waals surface area contributed by atoms with E-state index < -0.39 is 27.8 Å². The first-order valence-electron chi connectivity index (χ1n) is 14.0. The molecule has 6 aromatic carbocycles. The molecule has 0 amide bonds. The summed E-state index contributed by atoms with van der Waals surface area (Å²) in [4.78, 5) is 27.6. The number of ether oxygens (including phenoxy) is 1. The van der Waals surface area contributed by atoms with Gasteiger partial charge in [-0.3, -0.25) is 0 Å². The lowest BCUT2D eigenvalue weighted by Crippen LogP contribution is -2.29. The van der Waals surface area contributed by atoms with E-state index in [1.54, 1.807) is 12.1 Å². The van der Waals surface area contributed by atoms with Crippen molar-refractivity contribution >= 4 is 59.6 Å². The summed E-state index contributed by atoms with van der Waals surface area (Å²) in [5.74, 6) is -1.31. The summed E-state index contributed by atoms with van der Waals surface area (Å²) < 4.78 is 5.69. The van der Waals surface area contributed by atoms with Crippen molar-refractivity contribution in [1.82, 2.24) is 0 Å². The Morgan fingerprint density at radius 2 is 0.605 bits per heavy atom. The van der Waals surface area contributed by atoms with Crippen molar-refractivity contribution < 1.29 is 14.3 Å². The maximum absolute atomic E-state index is 13.8. The first-order valence-corrected chi connectivity index (χ1v) is 16.6. The molecule has 0 bridgehead atoms. The van der Waals surface area contributed by atoms with Crippen LogP contribution in [0.3, 0.4) is 0 Å². The fourth-order valence-electron chi connectivity index (χ4n) is 5.04. The highest BCUT2D eigenvalue weighted by Gasteiger charge is 2.27. The quantitative estimate of drug-likeness (QED) is 0.120. The van der Waals surface area contributed by atoms with Crippen LogP contribution in [0.4, 0.5) is 0 Å². The number of esters is 2. The molecule has 5 heteroatoms. The average Bonchev–Trinajstić information content (AvgIpc) is 3.07. The van der Waals surface area contributed by atoms with E-state index in [9.17, 15) is 9.59 Å². The number of carbonyl (C=O) groups excluding carboxylic acids is 2. The molecule has 0 aromatic heterocycles. The van der Waals surface area contributed by atoms with Gasteiger partial charge in [0.1, 0.15) is 0 Å². The molecule has 0 saturated carbocycles. The van der Waals surface area contributed by atoms with E-state index in [1.165, 1.54) is 0 Å². The van der Waals surface area contributed by atoms with Crippen LogP contribution < -0.4 is 31.8 Å². The molecule has 6 aromatic rings. The molecule has 0 atom stereocenters. The summed E-state index contributed by atoms with van der Waals surface area (Å²) in [6.45, 7) is 0. The van der Waals surface area contributed by atoms with Gasteiger partial charge in [0, 0.05) is 0 Å². The summed E-state index contributed by atoms with van der Waals surface area (Å²) in [6.07, 6.45) is 0. The first kappa shape index (κ1) is 28.4. The molecule has 0 aliphatic heterocycles. The lowest BCUT2D eigenvalue weighted by molar-refractivity contribution is 0.0400. The predicted octanol–water partition coefficient (Wildman–Crippen LogP) is 6.20. The van der Waals surface area contributed by atoms with Crippen molar-refractivity contribution in [2.75, 3.05) is 0 Å². The number of hydrogen-bond donors (Lipinski definition) is 0. The van der Waals surface area contributed by atoms with Crippen molar-refractivity contribution in [2.45, 2.75) is 0 Å². The van der Waals surface area contributed by atoms with Crippen molar-refractivity contribution in [3.05, 3.63) is 181 Å². The summed E-state index contributed by atoms with van der Waals surface area (Å²) in [6, 6.07) is 55.5. The maximum Gasteiger partial charge on any atom is 0.346 e. The highest BCUT2D eigenvalue weighted by molar-refractivity contribution is 7.80. The lowest BCUT2D eigenvalue weighted by Gasteiger charge is -2.22. The van der Waals surface area contributed by atoms with Gasteiger partial charge in [0.05, 0.1) is 11.1 Å². The molecule has 3 nitrogen and oxygen atoms in total. The minimum atomic E-state index is -1.06. The monoisotopic (exact) mass is 594 g/mol. The van der Waals surface area contributed by atoms with Gasteiger partial charge in [-0.15, -0.1) is 0 Å². The number of hydrogen-bond acceptors (Lipinski definition) is 3. The van der Waals surface area contributed by atoms with E-state index in [-0.39, 0.29) is 0 Å². The molecule has 208 valence electrons. The van der Waals surface area contributed by atoms with Crippen molar-refractivity contribution in [3.63, 3.8) is 0 Å². The summed E-state index contributed by atoms with van der Waals surface area (Å²) in [5, 5.41) is 6.12. The molecule has 43 heavy (non-hydrogen) atoms. The van der Waals surface area contributed by atoms with Gasteiger partial charge in [0.2, 0.25) is 0 Å². The van der Waals surface area contributed by atoms with Crippen LogP contribution in [0, 0.1) is 0 Å². The second kappa shape index (κ2) is 13.5. The van der Waals surface area contributed by atoms with Crippen LogP contribution in [-0.2, 0) is 4.74 Å². The molecule has 0 N–H and O–H groups in total. The van der Waals surface area contributed by atoms with E-state index in [2.05, 4.69) is 48.5 Å². The Bertz CT molecular complexity index is 1610. The van der Waals surface area contributed by atoms with Crippen LogP contribution in [0.1, 0.15) is 20.7 Å². The number of benzene rings is 6. The number of rotatable bonds is 8. The Kier molecular flexibility index (Phi) is 8.95. The van der Waals surface area contributed by atoms with Crippen LogP contribution >= 0.6 is 15.8 Å². The van der Waals surface area contributed by atoms with Gasteiger partial charge in [-0.05, 0) is 59.8 Å². The molecule has 6 rings (SSSR count). The van der Waals surface area contributed by atoms with E-state index in [1.807, 2.05) is 109 Å². The van der Waals surface area contributed by atoms with Crippen LogP contribution in [-0.4, -0.2) is 11.9 Å². The second-order valence-electron chi connectivity index (χ2n) is 9.72. The summed E-state index contributed by atoms with van der Waals surface area (Å²) >= 11 is 0. The highest BCUT2D eigenvalue weighted by atomic mass is 31.1. The minimum absolute atomic E-state index is 0.389. The third-order valence-electron chi connectivity index (χ3n) is 6.97. The van der Waals surface area contributed by atoms with Gasteiger partial charge in [0.15, 0.2) is 0 Å². The third-order valence-corrected chi connectivity index (χ3v) is 12.0. The maximum atomic E-state index is 13.8. The Morgan fingerprint density at radius 1 is 0.349 bits per heavy atom. The summed E-state index contributed by atoms with van der Waals surface area (Å²) in [7, 11) is -2.13. The first-order chi connectivity index (χ1) is 21.2. The van der Waals surface area contributed by atoms with E-state index >= 15 is 0 Å². The number of carbonyl (C=O) groups is 2. The lowest BCUT2D eigenvalue weighted by atomic mass is 10.2. The van der Waals surface area contributed by atoms with Crippen LogP contribution in [0.2, 0.25) is 0 Å². The van der Waals surface area contributed by atoms with Gasteiger partial charge < -0.3 is 4.74 Å². The van der Waals surface area contributed by atoms with Gasteiger partial charge in [-0.2, -0.15) is 0 Å². The molecule has 0 aliphatic rings. The van der Waals surface area contributed by atoms with E-state index in [4.69, 9.17) is 4.74 Å². The second-order valence-corrected chi connectivity index (χ2v) is 14.1. The zero-order chi connectivity index (χ0) is 29.4. The molecule has 0 radical (unpaired) electrons. The Hall–Kier alpha value is -4.68. The zero-order valence-electron chi connectivity index (χ0n) is 23.3. The van der Waals surface area contributed by atoms with Gasteiger partial charge >= 0.3 is 11.9 Å². The largest absolute Gasteiger partial charge is 0.386 e. The van der Waals surface area contributed by atoms with Crippen LogP contribution in [0.5, 0.6) is 0 Å². The fraction of sp³-hybridized carbons (Fsp3) is 0. The fourth-order valence-corrected chi connectivity index (χ4v) is 9.91.